The zero-order valence-electron chi connectivity index (χ0n) is 9.23. The van der Waals surface area contributed by atoms with Crippen molar-refractivity contribution in [1.29, 1.82) is 0 Å². The van der Waals surface area contributed by atoms with Crippen LogP contribution in [0.1, 0.15) is 5.56 Å². The first kappa shape index (κ1) is 16.2. The molecule has 0 saturated carbocycles. The summed E-state index contributed by atoms with van der Waals surface area (Å²) in [6.07, 6.45) is 0.709. The predicted molar refractivity (Wildman–Crippen MR) is 70.5 cm³/mol. The molecule has 4 N–H and O–H groups in total. The molecule has 0 radical (unpaired) electrons. The number of nitrogens with one attached hydrogen (secondary N) is 1. The van der Waals surface area contributed by atoms with Gasteiger partial charge in [0.05, 0.1) is 6.61 Å². The van der Waals surface area contributed by atoms with Crippen molar-refractivity contribution < 1.29 is 9.90 Å². The van der Waals surface area contributed by atoms with Crippen LogP contribution in [0.25, 0.3) is 0 Å². The third-order valence-electron chi connectivity index (χ3n) is 2.16. The Morgan fingerprint density at radius 1 is 1.41 bits per heavy atom. The maximum absolute atomic E-state index is 11.2. The summed E-state index contributed by atoms with van der Waals surface area (Å²) >= 11 is 5.74. The average molecular weight is 279 g/mol. The molecule has 1 rings (SSSR count). The minimum atomic E-state index is -0.842. The van der Waals surface area contributed by atoms with Crippen LogP contribution in [0.2, 0.25) is 5.02 Å². The molecular formula is C11H16Cl2N2O2. The lowest BCUT2D eigenvalue weighted by Crippen LogP contribution is -2.43. The van der Waals surface area contributed by atoms with Crippen molar-refractivity contribution in [3.05, 3.63) is 34.9 Å². The summed E-state index contributed by atoms with van der Waals surface area (Å²) in [5.74, 6) is -0.337. The summed E-state index contributed by atoms with van der Waals surface area (Å²) in [5, 5.41) is 12.0. The van der Waals surface area contributed by atoms with Gasteiger partial charge in [0.15, 0.2) is 0 Å². The van der Waals surface area contributed by atoms with Gasteiger partial charge in [0.2, 0.25) is 5.91 Å². The van der Waals surface area contributed by atoms with Gasteiger partial charge in [-0.15, -0.1) is 12.4 Å². The van der Waals surface area contributed by atoms with Crippen LogP contribution in [0.5, 0.6) is 0 Å². The Balaban J connectivity index is 0.00000256. The zero-order chi connectivity index (χ0) is 12.0. The lowest BCUT2D eigenvalue weighted by molar-refractivity contribution is -0.123. The number of aliphatic hydroxyl groups is 1. The molecule has 0 aromatic heterocycles. The van der Waals surface area contributed by atoms with E-state index >= 15 is 0 Å². The van der Waals surface area contributed by atoms with E-state index in [2.05, 4.69) is 5.32 Å². The first-order valence-corrected chi connectivity index (χ1v) is 5.40. The zero-order valence-corrected chi connectivity index (χ0v) is 10.8. The van der Waals surface area contributed by atoms with E-state index in [-0.39, 0.29) is 24.9 Å². The molecular weight excluding hydrogens is 263 g/mol. The third kappa shape index (κ3) is 5.89. The van der Waals surface area contributed by atoms with Gasteiger partial charge in [0.25, 0.3) is 0 Å². The van der Waals surface area contributed by atoms with Gasteiger partial charge >= 0.3 is 0 Å². The van der Waals surface area contributed by atoms with Crippen LogP contribution in [0.3, 0.4) is 0 Å². The second kappa shape index (κ2) is 8.31. The molecule has 0 spiro atoms. The number of nitrogens with two attached hydrogens (primary N) is 1. The van der Waals surface area contributed by atoms with Gasteiger partial charge in [-0.3, -0.25) is 4.79 Å². The van der Waals surface area contributed by atoms with E-state index in [0.29, 0.717) is 18.0 Å². The van der Waals surface area contributed by atoms with Gasteiger partial charge in [-0.25, -0.2) is 0 Å². The van der Waals surface area contributed by atoms with Crippen LogP contribution in [0.4, 0.5) is 0 Å². The summed E-state index contributed by atoms with van der Waals surface area (Å²) in [6.45, 7) is 0.154. The van der Waals surface area contributed by atoms with Gasteiger partial charge < -0.3 is 16.2 Å². The van der Waals surface area contributed by atoms with E-state index in [1.807, 2.05) is 12.1 Å². The molecule has 96 valence electrons. The first-order valence-electron chi connectivity index (χ1n) is 5.02. The molecule has 0 aliphatic heterocycles. The van der Waals surface area contributed by atoms with Crippen molar-refractivity contribution in [3.63, 3.8) is 0 Å². The van der Waals surface area contributed by atoms with Crippen molar-refractivity contribution in [2.24, 2.45) is 5.73 Å². The highest BCUT2D eigenvalue weighted by Crippen LogP contribution is 2.09. The van der Waals surface area contributed by atoms with Gasteiger partial charge in [0, 0.05) is 11.6 Å². The van der Waals surface area contributed by atoms with E-state index in [9.17, 15) is 4.79 Å². The van der Waals surface area contributed by atoms with Gasteiger partial charge in [-0.2, -0.15) is 0 Å². The minimum absolute atomic E-state index is 0. The molecule has 0 saturated heterocycles. The molecule has 1 aromatic carbocycles. The van der Waals surface area contributed by atoms with E-state index < -0.39 is 6.04 Å². The van der Waals surface area contributed by atoms with Gasteiger partial charge in [-0.1, -0.05) is 23.7 Å². The van der Waals surface area contributed by atoms with E-state index in [0.717, 1.165) is 5.56 Å². The van der Waals surface area contributed by atoms with Crippen molar-refractivity contribution in [2.75, 3.05) is 13.2 Å². The topological polar surface area (TPSA) is 75.3 Å². The van der Waals surface area contributed by atoms with Crippen LogP contribution in [0, 0.1) is 0 Å². The molecule has 1 atom stereocenters. The smallest absolute Gasteiger partial charge is 0.239 e. The lowest BCUT2D eigenvalue weighted by Gasteiger charge is -2.09. The molecule has 0 aliphatic carbocycles. The van der Waals surface area contributed by atoms with Crippen molar-refractivity contribution in [3.8, 4) is 0 Å². The quantitative estimate of drug-likeness (QED) is 0.744. The fourth-order valence-corrected chi connectivity index (χ4v) is 1.32. The fourth-order valence-electron chi connectivity index (χ4n) is 1.20. The summed E-state index contributed by atoms with van der Waals surface area (Å²) in [4.78, 5) is 11.2. The highest BCUT2D eigenvalue weighted by Gasteiger charge is 2.10. The van der Waals surface area contributed by atoms with Crippen molar-refractivity contribution in [1.82, 2.24) is 5.32 Å². The molecule has 0 bridgehead atoms. The van der Waals surface area contributed by atoms with Crippen LogP contribution in [0.15, 0.2) is 24.3 Å². The molecule has 1 amide bonds. The van der Waals surface area contributed by atoms with E-state index in [1.54, 1.807) is 12.1 Å². The summed E-state index contributed by atoms with van der Waals surface area (Å²) < 4.78 is 0. The standard InChI is InChI=1S/C11H15ClN2O2.ClH/c12-9-3-1-8(2-4-9)5-6-14-11(16)10(13)7-15;/h1-4,10,15H,5-7,13H2,(H,14,16);1H/t10-;/m0./s1. The maximum atomic E-state index is 11.2. The number of amides is 1. The van der Waals surface area contributed by atoms with Crippen LogP contribution in [-0.2, 0) is 11.2 Å². The molecule has 6 heteroatoms. The predicted octanol–water partition coefficient (Wildman–Crippen LogP) is 0.740. The number of hydrogen-bond donors (Lipinski definition) is 3. The summed E-state index contributed by atoms with van der Waals surface area (Å²) in [7, 11) is 0. The molecule has 1 aromatic rings. The number of rotatable bonds is 5. The number of carbonyl (C=O) groups excluding carboxylic acids is 1. The second-order valence-corrected chi connectivity index (χ2v) is 3.89. The summed E-state index contributed by atoms with van der Waals surface area (Å²) in [5.41, 5.74) is 6.42. The number of aliphatic hydroxyl groups excluding tert-OH is 1. The number of hydrogen-bond acceptors (Lipinski definition) is 3. The van der Waals surface area contributed by atoms with Gasteiger partial charge in [-0.05, 0) is 24.1 Å². The average Bonchev–Trinajstić information content (AvgIpc) is 2.30. The minimum Gasteiger partial charge on any atom is -0.394 e. The molecule has 0 fully saturated rings. The molecule has 4 nitrogen and oxygen atoms in total. The fraction of sp³-hybridized carbons (Fsp3) is 0.364. The monoisotopic (exact) mass is 278 g/mol. The van der Waals surface area contributed by atoms with Crippen molar-refractivity contribution in [2.45, 2.75) is 12.5 Å². The summed E-state index contributed by atoms with van der Waals surface area (Å²) in [6, 6.07) is 6.57. The number of halogens is 2. The second-order valence-electron chi connectivity index (χ2n) is 3.46. The Morgan fingerprint density at radius 3 is 2.53 bits per heavy atom. The largest absolute Gasteiger partial charge is 0.394 e. The lowest BCUT2D eigenvalue weighted by atomic mass is 10.1. The SMILES string of the molecule is Cl.N[C@@H](CO)C(=O)NCCc1ccc(Cl)cc1. The van der Waals surface area contributed by atoms with Crippen molar-refractivity contribution >= 4 is 29.9 Å². The van der Waals surface area contributed by atoms with E-state index in [1.165, 1.54) is 0 Å². The highest BCUT2D eigenvalue weighted by molar-refractivity contribution is 6.30. The van der Waals surface area contributed by atoms with Crippen LogP contribution in [-0.4, -0.2) is 30.2 Å². The first-order chi connectivity index (χ1) is 7.63. The Morgan fingerprint density at radius 2 is 2.00 bits per heavy atom. The number of benzene rings is 1. The Kier molecular flexibility index (Phi) is 7.91. The van der Waals surface area contributed by atoms with Crippen LogP contribution < -0.4 is 11.1 Å². The highest BCUT2D eigenvalue weighted by atomic mass is 35.5. The molecule has 17 heavy (non-hydrogen) atoms. The van der Waals surface area contributed by atoms with Crippen LogP contribution >= 0.6 is 24.0 Å². The Hall–Kier alpha value is -0.810. The molecule has 0 unspecified atom stereocenters. The van der Waals surface area contributed by atoms with E-state index in [4.69, 9.17) is 22.4 Å². The Labute approximate surface area is 112 Å². The molecule has 0 heterocycles. The molecule has 0 aliphatic rings. The maximum Gasteiger partial charge on any atom is 0.239 e. The van der Waals surface area contributed by atoms with Gasteiger partial charge in [0.1, 0.15) is 6.04 Å². The third-order valence-corrected chi connectivity index (χ3v) is 2.41. The normalized spacial score (nSPS) is 11.5. The Bertz CT molecular complexity index is 344. The number of carbonyl (C=O) groups is 1.